The summed E-state index contributed by atoms with van der Waals surface area (Å²) in [5.41, 5.74) is 11.1. The van der Waals surface area contributed by atoms with Gasteiger partial charge in [0.05, 0.1) is 6.04 Å². The summed E-state index contributed by atoms with van der Waals surface area (Å²) in [5, 5.41) is 4.15. The molecule has 0 aromatic carbocycles. The van der Waals surface area contributed by atoms with Gasteiger partial charge in [0.2, 0.25) is 0 Å². The number of nitrogens with two attached hydrogens (primary N) is 2. The maximum absolute atomic E-state index is 11.1. The molecule has 0 bridgehead atoms. The molecule has 0 saturated heterocycles. The van der Waals surface area contributed by atoms with Gasteiger partial charge < -0.3 is 11.5 Å². The smallest absolute Gasteiger partial charge is 0.254 e. The Labute approximate surface area is 100 Å². The van der Waals surface area contributed by atoms with Crippen LogP contribution in [0.25, 0.3) is 0 Å². The first kappa shape index (κ1) is 11.5. The molecule has 90 valence electrons. The van der Waals surface area contributed by atoms with Crippen LogP contribution in [0.3, 0.4) is 0 Å². The van der Waals surface area contributed by atoms with Gasteiger partial charge in [-0.3, -0.25) is 9.48 Å². The number of rotatable bonds is 2. The molecule has 1 aromatic rings. The Bertz CT molecular complexity index is 471. The Morgan fingerprint density at radius 1 is 1.53 bits per heavy atom. The second-order valence-corrected chi connectivity index (χ2v) is 4.40. The van der Waals surface area contributed by atoms with Crippen LogP contribution in [-0.2, 0) is 0 Å². The van der Waals surface area contributed by atoms with E-state index in [1.165, 1.54) is 0 Å². The zero-order chi connectivity index (χ0) is 12.4. The van der Waals surface area contributed by atoms with Gasteiger partial charge in [0, 0.05) is 12.1 Å². The average Bonchev–Trinajstić information content (AvgIpc) is 2.71. The van der Waals surface area contributed by atoms with Crippen LogP contribution in [0.5, 0.6) is 0 Å². The molecule has 1 heterocycles. The van der Waals surface area contributed by atoms with Crippen LogP contribution in [0.4, 0.5) is 5.82 Å². The number of primary amides is 1. The van der Waals surface area contributed by atoms with E-state index in [1.807, 2.05) is 0 Å². The number of aromatic nitrogens is 2. The summed E-state index contributed by atoms with van der Waals surface area (Å²) in [6, 6.07) is 0.129. The Hall–Kier alpha value is -1.96. The summed E-state index contributed by atoms with van der Waals surface area (Å²) >= 11 is 0. The quantitative estimate of drug-likeness (QED) is 0.743. The van der Waals surface area contributed by atoms with Crippen LogP contribution >= 0.6 is 0 Å². The van der Waals surface area contributed by atoms with Crippen molar-refractivity contribution in [1.29, 1.82) is 0 Å². The Balaban J connectivity index is 2.30. The van der Waals surface area contributed by atoms with Gasteiger partial charge in [-0.15, -0.1) is 12.3 Å². The number of carbonyl (C=O) groups excluding carboxylic acids is 1. The fourth-order valence-corrected chi connectivity index (χ4v) is 2.39. The van der Waals surface area contributed by atoms with Crippen LogP contribution < -0.4 is 11.5 Å². The third-order valence-electron chi connectivity index (χ3n) is 3.31. The highest BCUT2D eigenvalue weighted by Crippen LogP contribution is 2.33. The fraction of sp³-hybridized carbons (Fsp3) is 0.500. The zero-order valence-electron chi connectivity index (χ0n) is 9.60. The van der Waals surface area contributed by atoms with Crippen molar-refractivity contribution in [3.05, 3.63) is 11.8 Å². The Morgan fingerprint density at radius 3 is 2.82 bits per heavy atom. The lowest BCUT2D eigenvalue weighted by atomic mass is 9.85. The van der Waals surface area contributed by atoms with Crippen LogP contribution in [-0.4, -0.2) is 15.7 Å². The van der Waals surface area contributed by atoms with Crippen LogP contribution in [0.2, 0.25) is 0 Å². The predicted octanol–water partition coefficient (Wildman–Crippen LogP) is 0.929. The van der Waals surface area contributed by atoms with E-state index >= 15 is 0 Å². The van der Waals surface area contributed by atoms with E-state index in [0.29, 0.717) is 0 Å². The normalized spacial score (nSPS) is 24.2. The second-order valence-electron chi connectivity index (χ2n) is 4.40. The first-order valence-corrected chi connectivity index (χ1v) is 5.74. The van der Waals surface area contributed by atoms with Crippen LogP contribution in [0.1, 0.15) is 42.1 Å². The lowest BCUT2D eigenvalue weighted by Crippen LogP contribution is -2.22. The minimum atomic E-state index is -0.554. The third kappa shape index (κ3) is 2.11. The molecule has 5 nitrogen and oxygen atoms in total. The van der Waals surface area contributed by atoms with Crippen molar-refractivity contribution in [2.45, 2.75) is 31.7 Å². The van der Waals surface area contributed by atoms with E-state index in [4.69, 9.17) is 17.9 Å². The number of anilines is 1. The van der Waals surface area contributed by atoms with Crippen molar-refractivity contribution in [3.8, 4) is 12.3 Å². The highest BCUT2D eigenvalue weighted by atomic mass is 16.1. The minimum absolute atomic E-state index is 0.129. The summed E-state index contributed by atoms with van der Waals surface area (Å²) < 4.78 is 1.71. The molecule has 5 heteroatoms. The van der Waals surface area contributed by atoms with E-state index < -0.39 is 5.91 Å². The van der Waals surface area contributed by atoms with E-state index in [1.54, 1.807) is 10.9 Å². The molecule has 1 saturated carbocycles. The third-order valence-corrected chi connectivity index (χ3v) is 3.31. The molecular weight excluding hydrogens is 216 g/mol. The van der Waals surface area contributed by atoms with Crippen molar-refractivity contribution in [2.24, 2.45) is 11.7 Å². The topological polar surface area (TPSA) is 86.9 Å². The molecular formula is C12H16N4O. The molecule has 0 radical (unpaired) electrons. The first-order chi connectivity index (χ1) is 8.13. The van der Waals surface area contributed by atoms with Gasteiger partial charge in [0.15, 0.2) is 5.82 Å². The molecule has 1 aliphatic carbocycles. The molecule has 1 aromatic heterocycles. The largest absolute Gasteiger partial charge is 0.382 e. The fourth-order valence-electron chi connectivity index (χ4n) is 2.39. The molecule has 2 rings (SSSR count). The van der Waals surface area contributed by atoms with Crippen molar-refractivity contribution >= 4 is 11.7 Å². The molecule has 2 atom stereocenters. The molecule has 0 spiro atoms. The van der Waals surface area contributed by atoms with Crippen LogP contribution in [0.15, 0.2) is 6.20 Å². The van der Waals surface area contributed by atoms with Gasteiger partial charge in [0.25, 0.3) is 5.91 Å². The SMILES string of the molecule is C#C[C@@H]1CCCC[C@@H]1n1cc(C(N)=O)c(N)n1. The van der Waals surface area contributed by atoms with E-state index in [2.05, 4.69) is 11.0 Å². The molecule has 1 fully saturated rings. The first-order valence-electron chi connectivity index (χ1n) is 5.74. The van der Waals surface area contributed by atoms with Crippen LogP contribution in [0, 0.1) is 18.3 Å². The minimum Gasteiger partial charge on any atom is -0.382 e. The number of nitrogen functional groups attached to an aromatic ring is 1. The number of hydrogen-bond donors (Lipinski definition) is 2. The van der Waals surface area contributed by atoms with Crippen molar-refractivity contribution in [3.63, 3.8) is 0 Å². The number of amides is 1. The Morgan fingerprint density at radius 2 is 2.24 bits per heavy atom. The lowest BCUT2D eigenvalue weighted by molar-refractivity contribution is 0.100. The van der Waals surface area contributed by atoms with Crippen molar-refractivity contribution < 1.29 is 4.79 Å². The van der Waals surface area contributed by atoms with E-state index in [0.717, 1.165) is 25.7 Å². The molecule has 1 amide bonds. The number of carbonyl (C=O) groups is 1. The van der Waals surface area contributed by atoms with Gasteiger partial charge in [-0.25, -0.2) is 0 Å². The van der Waals surface area contributed by atoms with Gasteiger partial charge >= 0.3 is 0 Å². The van der Waals surface area contributed by atoms with Gasteiger partial charge in [-0.05, 0) is 12.8 Å². The highest BCUT2D eigenvalue weighted by Gasteiger charge is 2.27. The molecule has 4 N–H and O–H groups in total. The standard InChI is InChI=1S/C12H16N4O/c1-2-8-5-3-4-6-10(8)16-7-9(12(14)17)11(13)15-16/h1,7-8,10H,3-6H2,(H2,13,15)(H2,14,17)/t8-,10+/m1/s1. The van der Waals surface area contributed by atoms with E-state index in [9.17, 15) is 4.79 Å². The Kier molecular flexibility index (Phi) is 3.05. The summed E-state index contributed by atoms with van der Waals surface area (Å²) in [5.74, 6) is 2.57. The maximum atomic E-state index is 11.1. The monoisotopic (exact) mass is 232 g/mol. The number of terminal acetylenes is 1. The second kappa shape index (κ2) is 4.50. The summed E-state index contributed by atoms with van der Waals surface area (Å²) in [6.07, 6.45) is 11.4. The maximum Gasteiger partial charge on any atom is 0.254 e. The molecule has 17 heavy (non-hydrogen) atoms. The zero-order valence-corrected chi connectivity index (χ0v) is 9.60. The molecule has 0 unspecified atom stereocenters. The highest BCUT2D eigenvalue weighted by molar-refractivity contribution is 5.96. The van der Waals surface area contributed by atoms with Gasteiger partial charge in [0.1, 0.15) is 5.56 Å². The van der Waals surface area contributed by atoms with Crippen molar-refractivity contribution in [2.75, 3.05) is 5.73 Å². The summed E-state index contributed by atoms with van der Waals surface area (Å²) in [6.45, 7) is 0. The predicted molar refractivity (Wildman–Crippen MR) is 65.0 cm³/mol. The number of hydrogen-bond acceptors (Lipinski definition) is 3. The average molecular weight is 232 g/mol. The van der Waals surface area contributed by atoms with Gasteiger partial charge in [-0.1, -0.05) is 12.8 Å². The molecule has 1 aliphatic rings. The van der Waals surface area contributed by atoms with E-state index in [-0.39, 0.29) is 23.3 Å². The number of nitrogens with zero attached hydrogens (tertiary/aromatic N) is 2. The summed E-state index contributed by atoms with van der Waals surface area (Å²) in [4.78, 5) is 11.1. The molecule has 0 aliphatic heterocycles. The van der Waals surface area contributed by atoms with Crippen molar-refractivity contribution in [1.82, 2.24) is 9.78 Å². The lowest BCUT2D eigenvalue weighted by Gasteiger charge is -2.27. The van der Waals surface area contributed by atoms with Gasteiger partial charge in [-0.2, -0.15) is 5.10 Å². The summed E-state index contributed by atoms with van der Waals surface area (Å²) in [7, 11) is 0.